The number of rotatable bonds is 5. The minimum absolute atomic E-state index is 0.0242. The first-order valence-corrected chi connectivity index (χ1v) is 10.1. The average molecular weight is 423 g/mol. The molecule has 1 aromatic carbocycles. The fraction of sp³-hybridized carbons (Fsp3) is 0.0526. The number of anilines is 2. The topological polar surface area (TPSA) is 167 Å². The van der Waals surface area contributed by atoms with Crippen molar-refractivity contribution in [1.82, 2.24) is 19.9 Å². The normalized spacial score (nSPS) is 11.5. The van der Waals surface area contributed by atoms with Gasteiger partial charge in [0.15, 0.2) is 0 Å². The predicted molar refractivity (Wildman–Crippen MR) is 107 cm³/mol. The van der Waals surface area contributed by atoms with Gasteiger partial charge >= 0.3 is 0 Å². The van der Waals surface area contributed by atoms with Crippen molar-refractivity contribution in [2.75, 3.05) is 10.5 Å². The van der Waals surface area contributed by atoms with Gasteiger partial charge in [-0.05, 0) is 42.8 Å². The third-order valence-electron chi connectivity index (χ3n) is 4.44. The lowest BCUT2D eigenvalue weighted by Crippen LogP contribution is -2.18. The molecule has 0 atom stereocenters. The first-order chi connectivity index (χ1) is 14.3. The summed E-state index contributed by atoms with van der Waals surface area (Å²) in [5, 5.41) is 12.3. The highest BCUT2D eigenvalue weighted by atomic mass is 32.2. The molecule has 0 aliphatic heterocycles. The number of pyridine rings is 1. The van der Waals surface area contributed by atoms with Crippen molar-refractivity contribution < 1.29 is 18.3 Å². The third kappa shape index (κ3) is 3.42. The Morgan fingerprint density at radius 1 is 1.13 bits per heavy atom. The van der Waals surface area contributed by atoms with Gasteiger partial charge < -0.3 is 15.8 Å². The highest BCUT2D eigenvalue weighted by molar-refractivity contribution is 7.92. The van der Waals surface area contributed by atoms with E-state index in [0.29, 0.717) is 22.3 Å². The van der Waals surface area contributed by atoms with Crippen molar-refractivity contribution in [2.45, 2.75) is 11.8 Å². The molecule has 4 N–H and O–H groups in total. The molecule has 0 bridgehead atoms. The second-order valence-corrected chi connectivity index (χ2v) is 8.16. The molecular weight excluding hydrogens is 408 g/mol. The molecular formula is C19H15N6O4S-. The summed E-state index contributed by atoms with van der Waals surface area (Å²) in [5.74, 6) is -1.22. The minimum Gasteiger partial charge on any atom is -0.871 e. The number of ketones is 1. The van der Waals surface area contributed by atoms with E-state index in [1.54, 1.807) is 19.2 Å². The lowest BCUT2D eigenvalue weighted by molar-refractivity contribution is -0.268. The zero-order valence-corrected chi connectivity index (χ0v) is 16.4. The van der Waals surface area contributed by atoms with Crippen LogP contribution in [0.4, 0.5) is 11.4 Å². The predicted octanol–water partition coefficient (Wildman–Crippen LogP) is 1.35. The molecule has 11 heteroatoms. The Labute approximate surface area is 170 Å². The van der Waals surface area contributed by atoms with Gasteiger partial charge in [-0.3, -0.25) is 14.5 Å². The Balaban J connectivity index is 1.78. The largest absolute Gasteiger partial charge is 0.871 e. The van der Waals surface area contributed by atoms with Crippen LogP contribution in [0.1, 0.15) is 21.7 Å². The number of carbonyl (C=O) groups is 1. The number of nitrogens with zero attached hydrogens (tertiary/aromatic N) is 3. The van der Waals surface area contributed by atoms with E-state index >= 15 is 0 Å². The molecule has 0 aliphatic rings. The van der Waals surface area contributed by atoms with Crippen molar-refractivity contribution in [3.63, 3.8) is 0 Å². The number of nitrogens with one attached hydrogen (secondary N) is 2. The van der Waals surface area contributed by atoms with Gasteiger partial charge in [0.1, 0.15) is 23.4 Å². The number of fused-ring (bicyclic) bond motifs is 1. The van der Waals surface area contributed by atoms with Crippen LogP contribution in [-0.2, 0) is 10.0 Å². The van der Waals surface area contributed by atoms with Crippen LogP contribution in [0.15, 0.2) is 53.9 Å². The van der Waals surface area contributed by atoms with Crippen LogP contribution in [0.25, 0.3) is 11.0 Å². The van der Waals surface area contributed by atoms with E-state index in [0.717, 1.165) is 12.3 Å². The summed E-state index contributed by atoms with van der Waals surface area (Å²) in [7, 11) is -4.11. The maximum absolute atomic E-state index is 13.1. The number of carbonyl (C=O) groups excluding carboxylic acids is 1. The summed E-state index contributed by atoms with van der Waals surface area (Å²) < 4.78 is 28.0. The molecule has 10 nitrogen and oxygen atoms in total. The second kappa shape index (κ2) is 7.12. The van der Waals surface area contributed by atoms with Crippen LogP contribution < -0.4 is 15.6 Å². The van der Waals surface area contributed by atoms with Gasteiger partial charge in [-0.1, -0.05) is 5.75 Å². The van der Waals surface area contributed by atoms with E-state index in [-0.39, 0.29) is 22.0 Å². The SMILES string of the molecule is Cc1cc(S(=O)(=O)Nc2cc([O-])cnc2C(=O)c2ncnc3[nH]ccc23)ccc1N. The van der Waals surface area contributed by atoms with Crippen molar-refractivity contribution in [3.8, 4) is 5.75 Å². The number of H-pyrrole nitrogens is 1. The summed E-state index contributed by atoms with van der Waals surface area (Å²) in [6.45, 7) is 1.67. The Kier molecular flexibility index (Phi) is 4.59. The van der Waals surface area contributed by atoms with Crippen molar-refractivity contribution in [3.05, 3.63) is 66.0 Å². The molecule has 0 aliphatic carbocycles. The molecule has 4 aromatic rings. The first kappa shape index (κ1) is 19.3. The number of hydrogen-bond donors (Lipinski definition) is 3. The van der Waals surface area contributed by atoms with E-state index in [1.807, 2.05) is 0 Å². The fourth-order valence-electron chi connectivity index (χ4n) is 2.89. The number of aromatic amines is 1. The summed E-state index contributed by atoms with van der Waals surface area (Å²) >= 11 is 0. The summed E-state index contributed by atoms with van der Waals surface area (Å²) in [6.07, 6.45) is 3.74. The molecule has 0 saturated heterocycles. The third-order valence-corrected chi connectivity index (χ3v) is 5.81. The number of nitrogens with two attached hydrogens (primary N) is 1. The van der Waals surface area contributed by atoms with Gasteiger partial charge in [0.05, 0.1) is 10.6 Å². The monoisotopic (exact) mass is 423 g/mol. The molecule has 0 amide bonds. The Morgan fingerprint density at radius 3 is 2.70 bits per heavy atom. The van der Waals surface area contributed by atoms with Crippen LogP contribution >= 0.6 is 0 Å². The highest BCUT2D eigenvalue weighted by Gasteiger charge is 2.23. The van der Waals surface area contributed by atoms with Crippen LogP contribution in [0.3, 0.4) is 0 Å². The number of hydrogen-bond acceptors (Lipinski definition) is 8. The number of benzene rings is 1. The first-order valence-electron chi connectivity index (χ1n) is 8.65. The number of nitrogen functional groups attached to an aromatic ring is 1. The standard InChI is InChI=1S/C19H16N6O4S/c1-10-6-12(2-3-14(10)20)30(28,29)25-15-7-11(26)8-22-17(15)18(27)16-13-4-5-21-19(13)24-9-23-16/h2-9,25-26H,20H2,1H3,(H,21,23,24)/p-1. The van der Waals surface area contributed by atoms with Crippen LogP contribution in [0.5, 0.6) is 5.75 Å². The fourth-order valence-corrected chi connectivity index (χ4v) is 4.03. The zero-order valence-electron chi connectivity index (χ0n) is 15.6. The van der Waals surface area contributed by atoms with Crippen LogP contribution in [0, 0.1) is 6.92 Å². The van der Waals surface area contributed by atoms with E-state index < -0.39 is 21.6 Å². The Bertz CT molecular complexity index is 1400. The molecule has 0 radical (unpaired) electrons. The quantitative estimate of drug-likeness (QED) is 0.319. The van der Waals surface area contributed by atoms with Gasteiger partial charge in [-0.25, -0.2) is 18.4 Å². The van der Waals surface area contributed by atoms with Crippen molar-refractivity contribution in [1.29, 1.82) is 0 Å². The summed E-state index contributed by atoms with van der Waals surface area (Å²) in [4.78, 5) is 27.8. The Morgan fingerprint density at radius 2 is 1.93 bits per heavy atom. The lowest BCUT2D eigenvalue weighted by atomic mass is 10.1. The van der Waals surface area contributed by atoms with Gasteiger partial charge in [0, 0.05) is 23.5 Å². The smallest absolute Gasteiger partial charge is 0.261 e. The molecule has 3 aromatic heterocycles. The van der Waals surface area contributed by atoms with Crippen molar-refractivity contribution in [2.24, 2.45) is 0 Å². The van der Waals surface area contributed by atoms with E-state index in [1.165, 1.54) is 24.5 Å². The van der Waals surface area contributed by atoms with Crippen LogP contribution in [0.2, 0.25) is 0 Å². The summed E-state index contributed by atoms with van der Waals surface area (Å²) in [6, 6.07) is 6.79. The van der Waals surface area contributed by atoms with Crippen LogP contribution in [-0.4, -0.2) is 34.1 Å². The lowest BCUT2D eigenvalue weighted by Gasteiger charge is -2.15. The van der Waals surface area contributed by atoms with Crippen molar-refractivity contribution >= 4 is 38.2 Å². The maximum atomic E-state index is 13.1. The molecule has 0 spiro atoms. The molecule has 30 heavy (non-hydrogen) atoms. The molecule has 0 unspecified atom stereocenters. The van der Waals surface area contributed by atoms with Gasteiger partial charge in [-0.2, -0.15) is 0 Å². The van der Waals surface area contributed by atoms with E-state index in [9.17, 15) is 18.3 Å². The zero-order chi connectivity index (χ0) is 21.5. The Hall–Kier alpha value is -3.99. The number of sulfonamides is 1. The highest BCUT2D eigenvalue weighted by Crippen LogP contribution is 2.26. The molecule has 152 valence electrons. The van der Waals surface area contributed by atoms with Gasteiger partial charge in [0.2, 0.25) is 5.78 Å². The molecule has 4 rings (SSSR count). The minimum atomic E-state index is -4.11. The summed E-state index contributed by atoms with van der Waals surface area (Å²) in [5.41, 5.74) is 6.71. The van der Waals surface area contributed by atoms with Gasteiger partial charge in [-0.15, -0.1) is 0 Å². The molecule has 0 saturated carbocycles. The molecule has 0 fully saturated rings. The van der Waals surface area contributed by atoms with E-state index in [2.05, 4.69) is 24.7 Å². The van der Waals surface area contributed by atoms with E-state index in [4.69, 9.17) is 5.73 Å². The maximum Gasteiger partial charge on any atom is 0.261 e. The number of aromatic nitrogens is 4. The second-order valence-electron chi connectivity index (χ2n) is 6.48. The number of aryl methyl sites for hydroxylation is 1. The molecule has 3 heterocycles. The average Bonchev–Trinajstić information content (AvgIpc) is 3.18. The van der Waals surface area contributed by atoms with Gasteiger partial charge in [0.25, 0.3) is 10.0 Å².